The maximum Gasteiger partial charge on any atom is 0.320 e. The van der Waals surface area contributed by atoms with Gasteiger partial charge in [-0.25, -0.2) is 9.37 Å². The summed E-state index contributed by atoms with van der Waals surface area (Å²) in [5.41, 5.74) is 4.79. The summed E-state index contributed by atoms with van der Waals surface area (Å²) < 4.78 is 44.7. The first-order valence-electron chi connectivity index (χ1n) is 12.2. The maximum absolute atomic E-state index is 13.9. The Labute approximate surface area is 206 Å². The lowest BCUT2D eigenvalue weighted by atomic mass is 9.95. The second-order valence-electron chi connectivity index (χ2n) is 9.45. The molecule has 36 heavy (non-hydrogen) atoms. The fourth-order valence-corrected chi connectivity index (χ4v) is 5.54. The van der Waals surface area contributed by atoms with Gasteiger partial charge >= 0.3 is 6.55 Å². The fraction of sp³-hybridized carbons (Fsp3) is 0.286. The molecular formula is C28H26F3N5. The van der Waals surface area contributed by atoms with E-state index in [1.54, 1.807) is 24.3 Å². The summed E-state index contributed by atoms with van der Waals surface area (Å²) in [6.07, 6.45) is 1.54. The van der Waals surface area contributed by atoms with Gasteiger partial charge in [0.05, 0.1) is 16.6 Å². The average molecular weight is 490 g/mol. The van der Waals surface area contributed by atoms with E-state index in [0.29, 0.717) is 16.9 Å². The molecule has 0 aliphatic carbocycles. The van der Waals surface area contributed by atoms with E-state index in [1.165, 1.54) is 12.1 Å². The third kappa shape index (κ3) is 3.95. The van der Waals surface area contributed by atoms with Crippen LogP contribution in [0.3, 0.4) is 0 Å². The van der Waals surface area contributed by atoms with E-state index in [2.05, 4.69) is 16.0 Å². The number of alkyl halides is 2. The van der Waals surface area contributed by atoms with Gasteiger partial charge < -0.3 is 0 Å². The Morgan fingerprint density at radius 1 is 0.972 bits per heavy atom. The van der Waals surface area contributed by atoms with Gasteiger partial charge in [0.25, 0.3) is 0 Å². The molecule has 1 fully saturated rings. The summed E-state index contributed by atoms with van der Waals surface area (Å²) in [4.78, 5) is 6.94. The molecule has 6 rings (SSSR count). The number of para-hydroxylation sites is 3. The van der Waals surface area contributed by atoms with Crippen molar-refractivity contribution >= 4 is 21.9 Å². The van der Waals surface area contributed by atoms with E-state index in [1.807, 2.05) is 36.0 Å². The first-order chi connectivity index (χ1) is 17.5. The molecule has 1 saturated heterocycles. The van der Waals surface area contributed by atoms with Crippen molar-refractivity contribution in [2.75, 3.05) is 13.1 Å². The summed E-state index contributed by atoms with van der Waals surface area (Å²) >= 11 is 0. The summed E-state index contributed by atoms with van der Waals surface area (Å²) in [6.45, 7) is -0.290. The number of hydrogen-bond donors (Lipinski definition) is 0. The van der Waals surface area contributed by atoms with Crippen LogP contribution in [0.5, 0.6) is 0 Å². The minimum absolute atomic E-state index is 0.00488. The summed E-state index contributed by atoms with van der Waals surface area (Å²) in [5.74, 6) is 0.194. The number of piperidine rings is 1. The van der Waals surface area contributed by atoms with Crippen LogP contribution in [0.25, 0.3) is 33.2 Å². The number of nitrogens with zero attached hydrogens (tertiary/aromatic N) is 5. The average Bonchev–Trinajstić information content (AvgIpc) is 3.43. The molecule has 0 amide bonds. The predicted octanol–water partition coefficient (Wildman–Crippen LogP) is 6.50. The third-order valence-electron chi connectivity index (χ3n) is 7.21. The Morgan fingerprint density at radius 2 is 1.75 bits per heavy atom. The fourth-order valence-electron chi connectivity index (χ4n) is 5.54. The quantitative estimate of drug-likeness (QED) is 0.283. The van der Waals surface area contributed by atoms with Gasteiger partial charge in [-0.15, -0.1) is 0 Å². The van der Waals surface area contributed by atoms with Gasteiger partial charge in [-0.2, -0.15) is 13.9 Å². The lowest BCUT2D eigenvalue weighted by Gasteiger charge is -2.32. The van der Waals surface area contributed by atoms with Crippen molar-refractivity contribution in [1.29, 1.82) is 0 Å². The molecule has 0 spiro atoms. The van der Waals surface area contributed by atoms with Crippen LogP contribution in [-0.2, 0) is 13.6 Å². The zero-order chi connectivity index (χ0) is 24.8. The van der Waals surface area contributed by atoms with E-state index >= 15 is 0 Å². The van der Waals surface area contributed by atoms with Crippen molar-refractivity contribution < 1.29 is 13.2 Å². The van der Waals surface area contributed by atoms with Crippen LogP contribution >= 0.6 is 0 Å². The van der Waals surface area contributed by atoms with Crippen LogP contribution in [0.15, 0.2) is 66.7 Å². The summed E-state index contributed by atoms with van der Waals surface area (Å²) in [6, 6.07) is 19.7. The van der Waals surface area contributed by atoms with E-state index in [9.17, 15) is 13.2 Å². The van der Waals surface area contributed by atoms with E-state index < -0.39 is 6.55 Å². The summed E-state index contributed by atoms with van der Waals surface area (Å²) in [7, 11) is 1.91. The van der Waals surface area contributed by atoms with Crippen LogP contribution in [0.1, 0.15) is 36.7 Å². The van der Waals surface area contributed by atoms with Crippen molar-refractivity contribution in [3.8, 4) is 11.3 Å². The SMILES string of the molecule is Cn1nc(-c2cccc(F)c2)c2cccc(CN3CCC(c4nc5ccccc5n4C(F)F)CC3)c21. The number of likely N-dealkylation sites (tertiary alicyclic amines) is 1. The molecule has 0 N–H and O–H groups in total. The van der Waals surface area contributed by atoms with Gasteiger partial charge in [0, 0.05) is 30.5 Å². The third-order valence-corrected chi connectivity index (χ3v) is 7.21. The van der Waals surface area contributed by atoms with E-state index in [0.717, 1.165) is 64.8 Å². The first-order valence-corrected chi connectivity index (χ1v) is 12.2. The molecule has 1 aliphatic rings. The molecule has 0 radical (unpaired) electrons. The molecule has 0 unspecified atom stereocenters. The molecule has 0 bridgehead atoms. The van der Waals surface area contributed by atoms with Gasteiger partial charge in [-0.1, -0.05) is 42.5 Å². The molecule has 8 heteroatoms. The zero-order valence-corrected chi connectivity index (χ0v) is 19.9. The van der Waals surface area contributed by atoms with Gasteiger partial charge in [0.1, 0.15) is 17.3 Å². The predicted molar refractivity (Wildman–Crippen MR) is 134 cm³/mol. The molecule has 1 aliphatic heterocycles. The normalized spacial score (nSPS) is 15.5. The van der Waals surface area contributed by atoms with Crippen molar-refractivity contribution in [2.24, 2.45) is 7.05 Å². The number of halogens is 3. The Kier molecular flexibility index (Phi) is 5.76. The first kappa shape index (κ1) is 22.8. The minimum Gasteiger partial charge on any atom is -0.299 e. The zero-order valence-electron chi connectivity index (χ0n) is 19.9. The van der Waals surface area contributed by atoms with Crippen LogP contribution in [0.2, 0.25) is 0 Å². The minimum atomic E-state index is -2.61. The van der Waals surface area contributed by atoms with Crippen molar-refractivity contribution in [3.05, 3.63) is 83.9 Å². The number of aromatic nitrogens is 4. The number of hydrogen-bond acceptors (Lipinski definition) is 3. The largest absolute Gasteiger partial charge is 0.320 e. The Bertz CT molecular complexity index is 1550. The van der Waals surface area contributed by atoms with Crippen molar-refractivity contribution in [2.45, 2.75) is 31.9 Å². The lowest BCUT2D eigenvalue weighted by Crippen LogP contribution is -2.33. The molecule has 2 aromatic heterocycles. The smallest absolute Gasteiger partial charge is 0.299 e. The monoisotopic (exact) mass is 489 g/mol. The molecule has 3 aromatic carbocycles. The Morgan fingerprint density at radius 3 is 2.53 bits per heavy atom. The molecule has 184 valence electrons. The van der Waals surface area contributed by atoms with E-state index in [-0.39, 0.29) is 11.7 Å². The number of fused-ring (bicyclic) bond motifs is 2. The highest BCUT2D eigenvalue weighted by molar-refractivity contribution is 5.95. The molecule has 5 nitrogen and oxygen atoms in total. The molecule has 0 atom stereocenters. The van der Waals surface area contributed by atoms with Gasteiger partial charge in [-0.05, 0) is 55.8 Å². The Hall–Kier alpha value is -3.65. The Balaban J connectivity index is 1.23. The van der Waals surface area contributed by atoms with Crippen molar-refractivity contribution in [1.82, 2.24) is 24.2 Å². The molecule has 3 heterocycles. The van der Waals surface area contributed by atoms with Crippen LogP contribution < -0.4 is 0 Å². The molecule has 5 aromatic rings. The van der Waals surface area contributed by atoms with Crippen molar-refractivity contribution in [3.63, 3.8) is 0 Å². The lowest BCUT2D eigenvalue weighted by molar-refractivity contribution is 0.0681. The topological polar surface area (TPSA) is 38.9 Å². The van der Waals surface area contributed by atoms with Gasteiger partial charge in [0.15, 0.2) is 0 Å². The van der Waals surface area contributed by atoms with E-state index in [4.69, 9.17) is 5.10 Å². The highest BCUT2D eigenvalue weighted by atomic mass is 19.3. The number of rotatable bonds is 5. The van der Waals surface area contributed by atoms with Gasteiger partial charge in [0.2, 0.25) is 0 Å². The van der Waals surface area contributed by atoms with Gasteiger partial charge in [-0.3, -0.25) is 14.1 Å². The second kappa shape index (κ2) is 9.09. The van der Waals surface area contributed by atoms with Crippen LogP contribution in [0, 0.1) is 5.82 Å². The number of imidazole rings is 1. The molecular weight excluding hydrogens is 463 g/mol. The van der Waals surface area contributed by atoms with Crippen LogP contribution in [-0.4, -0.2) is 37.3 Å². The highest BCUT2D eigenvalue weighted by Gasteiger charge is 2.28. The highest BCUT2D eigenvalue weighted by Crippen LogP contribution is 2.35. The molecule has 0 saturated carbocycles. The second-order valence-corrected chi connectivity index (χ2v) is 9.45. The maximum atomic E-state index is 13.9. The summed E-state index contributed by atoms with van der Waals surface area (Å²) in [5, 5.41) is 5.69. The standard InChI is InChI=1S/C28H26F3N5/c1-34-26-20(7-5-9-22(26)25(33-34)19-6-4-8-21(29)16-19)17-35-14-12-18(13-15-35)27-32-23-10-2-3-11-24(23)36(27)28(30)31/h2-11,16,18,28H,12-15,17H2,1H3. The number of aryl methyl sites for hydroxylation is 1. The number of benzene rings is 3. The van der Waals surface area contributed by atoms with Crippen LogP contribution in [0.4, 0.5) is 13.2 Å².